The van der Waals surface area contributed by atoms with Gasteiger partial charge in [-0.1, -0.05) is 0 Å². The molecule has 1 N–H and O–H groups in total. The zero-order chi connectivity index (χ0) is 33.3. The van der Waals surface area contributed by atoms with Gasteiger partial charge in [0, 0.05) is 84.1 Å². The molecule has 0 aromatic heterocycles. The van der Waals surface area contributed by atoms with Crippen molar-refractivity contribution in [1.82, 2.24) is 29.8 Å². The Labute approximate surface area is 277 Å². The highest BCUT2D eigenvalue weighted by Crippen LogP contribution is 2.31. The molecule has 0 radical (unpaired) electrons. The van der Waals surface area contributed by atoms with Crippen LogP contribution in [0.4, 0.5) is 10.5 Å². The summed E-state index contributed by atoms with van der Waals surface area (Å²) in [5.74, 6) is -1.22. The van der Waals surface area contributed by atoms with Gasteiger partial charge in [-0.15, -0.1) is 0 Å². The maximum atomic E-state index is 13.2. The molecule has 0 bridgehead atoms. The fourth-order valence-electron chi connectivity index (χ4n) is 7.37. The maximum absolute atomic E-state index is 13.2. The van der Waals surface area contributed by atoms with Crippen LogP contribution in [0.3, 0.4) is 0 Å². The molecule has 1 atom stereocenters. The molecule has 6 rings (SSSR count). The van der Waals surface area contributed by atoms with E-state index in [4.69, 9.17) is 4.74 Å². The van der Waals surface area contributed by atoms with Crippen molar-refractivity contribution < 1.29 is 28.7 Å². The quantitative estimate of drug-likeness (QED) is 0.434. The van der Waals surface area contributed by atoms with Crippen LogP contribution < -0.4 is 10.2 Å². The van der Waals surface area contributed by atoms with E-state index in [9.17, 15) is 24.0 Å². The lowest BCUT2D eigenvalue weighted by Crippen LogP contribution is -2.54. The second-order valence-corrected chi connectivity index (χ2v) is 14.6. The van der Waals surface area contributed by atoms with Crippen LogP contribution >= 0.6 is 0 Å². The first-order valence-corrected chi connectivity index (χ1v) is 17.2. The summed E-state index contributed by atoms with van der Waals surface area (Å²) < 4.78 is 5.52. The van der Waals surface area contributed by atoms with E-state index >= 15 is 0 Å². The van der Waals surface area contributed by atoms with Gasteiger partial charge in [0.25, 0.3) is 11.8 Å². The van der Waals surface area contributed by atoms with E-state index in [1.54, 1.807) is 12.1 Å². The second kappa shape index (κ2) is 13.9. The first kappa shape index (κ1) is 33.4. The molecule has 5 amide bonds. The lowest BCUT2D eigenvalue weighted by molar-refractivity contribution is -0.136. The third kappa shape index (κ3) is 7.79. The van der Waals surface area contributed by atoms with E-state index in [-0.39, 0.29) is 24.8 Å². The summed E-state index contributed by atoms with van der Waals surface area (Å²) in [6.07, 6.45) is 2.46. The van der Waals surface area contributed by atoms with Gasteiger partial charge in [0.2, 0.25) is 11.8 Å². The standard InChI is InChI=1S/C34H49N7O6/c1-34(2,3)47-33(46)40-20-14-37(15-21-40)13-12-36-10-8-24(9-11-36)23-38-16-18-39(19-17-38)25-4-5-26-27(22-25)32(45)41(31(26)44)28-6-7-29(42)35-30(28)43/h4-5,22,24,28H,6-21,23H2,1-3H3,(H,35,42,43). The summed E-state index contributed by atoms with van der Waals surface area (Å²) in [5.41, 5.74) is 1.09. The number of carbonyl (C=O) groups excluding carboxylic acids is 5. The smallest absolute Gasteiger partial charge is 0.410 e. The van der Waals surface area contributed by atoms with Crippen LogP contribution in [0.5, 0.6) is 0 Å². The predicted molar refractivity (Wildman–Crippen MR) is 175 cm³/mol. The van der Waals surface area contributed by atoms with Crippen LogP contribution in [0.2, 0.25) is 0 Å². The number of amides is 5. The summed E-state index contributed by atoms with van der Waals surface area (Å²) >= 11 is 0. The minimum Gasteiger partial charge on any atom is -0.444 e. The zero-order valence-electron chi connectivity index (χ0n) is 28.0. The van der Waals surface area contributed by atoms with Crippen molar-refractivity contribution in [1.29, 1.82) is 0 Å². The number of benzene rings is 1. The number of ether oxygens (including phenoxy) is 1. The molecule has 47 heavy (non-hydrogen) atoms. The number of piperidine rings is 2. The van der Waals surface area contributed by atoms with Crippen molar-refractivity contribution in [2.24, 2.45) is 5.92 Å². The Morgan fingerprint density at radius 2 is 1.40 bits per heavy atom. The van der Waals surface area contributed by atoms with Gasteiger partial charge in [-0.3, -0.25) is 39.2 Å². The molecule has 1 unspecified atom stereocenters. The molecule has 4 saturated heterocycles. The zero-order valence-corrected chi connectivity index (χ0v) is 28.0. The normalized spacial score (nSPS) is 24.1. The van der Waals surface area contributed by atoms with Gasteiger partial charge in [-0.05, 0) is 77.2 Å². The highest BCUT2D eigenvalue weighted by atomic mass is 16.6. The van der Waals surface area contributed by atoms with Gasteiger partial charge in [-0.25, -0.2) is 4.79 Å². The van der Waals surface area contributed by atoms with Gasteiger partial charge < -0.3 is 19.4 Å². The fourth-order valence-corrected chi connectivity index (χ4v) is 7.37. The molecule has 0 aliphatic carbocycles. The molecule has 1 aromatic carbocycles. The number of imide groups is 2. The van der Waals surface area contributed by atoms with Gasteiger partial charge >= 0.3 is 6.09 Å². The largest absolute Gasteiger partial charge is 0.444 e. The number of nitrogens with zero attached hydrogens (tertiary/aromatic N) is 6. The van der Waals surface area contributed by atoms with Crippen molar-refractivity contribution in [3.05, 3.63) is 29.3 Å². The summed E-state index contributed by atoms with van der Waals surface area (Å²) in [6.45, 7) is 18.0. The molecule has 13 nitrogen and oxygen atoms in total. The number of fused-ring (bicyclic) bond motifs is 1. The van der Waals surface area contributed by atoms with E-state index in [1.165, 1.54) is 12.8 Å². The lowest BCUT2D eigenvalue weighted by atomic mass is 9.96. The SMILES string of the molecule is CC(C)(C)OC(=O)N1CCN(CCN2CCC(CN3CCN(c4ccc5c(c4)C(=O)N(C4CCC(=O)NC4=O)C5=O)CC3)CC2)CC1. The molecule has 13 heteroatoms. The Morgan fingerprint density at radius 3 is 2.04 bits per heavy atom. The van der Waals surface area contributed by atoms with Gasteiger partial charge in [0.1, 0.15) is 11.6 Å². The molecular formula is C34H49N7O6. The Hall–Kier alpha value is -3.55. The Kier molecular flexibility index (Phi) is 9.86. The molecular weight excluding hydrogens is 602 g/mol. The molecule has 0 saturated carbocycles. The molecule has 0 spiro atoms. The van der Waals surface area contributed by atoms with Crippen LogP contribution in [-0.4, -0.2) is 151 Å². The number of rotatable bonds is 7. The van der Waals surface area contributed by atoms with Gasteiger partial charge in [-0.2, -0.15) is 0 Å². The minimum atomic E-state index is -0.952. The number of carbonyl (C=O) groups is 5. The van der Waals surface area contributed by atoms with Crippen molar-refractivity contribution in [3.8, 4) is 0 Å². The Morgan fingerprint density at radius 1 is 0.787 bits per heavy atom. The lowest BCUT2D eigenvalue weighted by Gasteiger charge is -2.40. The number of hydrogen-bond donors (Lipinski definition) is 1. The van der Waals surface area contributed by atoms with Crippen LogP contribution in [0.25, 0.3) is 0 Å². The van der Waals surface area contributed by atoms with Gasteiger partial charge in [0.05, 0.1) is 11.1 Å². The average Bonchev–Trinajstić information content (AvgIpc) is 3.29. The van der Waals surface area contributed by atoms with E-state index in [2.05, 4.69) is 24.9 Å². The van der Waals surface area contributed by atoms with Crippen molar-refractivity contribution in [2.75, 3.05) is 90.0 Å². The maximum Gasteiger partial charge on any atom is 0.410 e. The molecule has 5 heterocycles. The van der Waals surface area contributed by atoms with Crippen molar-refractivity contribution >= 4 is 35.4 Å². The van der Waals surface area contributed by atoms with Gasteiger partial charge in [0.15, 0.2) is 0 Å². The summed E-state index contributed by atoms with van der Waals surface area (Å²) in [7, 11) is 0. The van der Waals surface area contributed by atoms with Crippen molar-refractivity contribution in [3.63, 3.8) is 0 Å². The highest BCUT2D eigenvalue weighted by molar-refractivity contribution is 6.23. The van der Waals surface area contributed by atoms with Crippen LogP contribution in [0, 0.1) is 5.92 Å². The summed E-state index contributed by atoms with van der Waals surface area (Å²) in [4.78, 5) is 75.3. The molecule has 4 fully saturated rings. The number of anilines is 1. The first-order chi connectivity index (χ1) is 22.4. The number of nitrogens with one attached hydrogen (secondary N) is 1. The molecule has 256 valence electrons. The van der Waals surface area contributed by atoms with Crippen LogP contribution in [-0.2, 0) is 14.3 Å². The topological polar surface area (TPSA) is 126 Å². The molecule has 5 aliphatic rings. The predicted octanol–water partition coefficient (Wildman–Crippen LogP) is 1.47. The average molecular weight is 652 g/mol. The number of likely N-dealkylation sites (tertiary alicyclic amines) is 1. The second-order valence-electron chi connectivity index (χ2n) is 14.6. The number of hydrogen-bond acceptors (Lipinski definition) is 10. The fraction of sp³-hybridized carbons (Fsp3) is 0.676. The number of piperazine rings is 2. The van der Waals surface area contributed by atoms with E-state index in [0.29, 0.717) is 17.0 Å². The first-order valence-electron chi connectivity index (χ1n) is 17.2. The van der Waals surface area contributed by atoms with E-state index in [0.717, 1.165) is 95.7 Å². The summed E-state index contributed by atoms with van der Waals surface area (Å²) in [6, 6.07) is 4.42. The third-order valence-corrected chi connectivity index (χ3v) is 10.1. The van der Waals surface area contributed by atoms with Crippen LogP contribution in [0.15, 0.2) is 18.2 Å². The van der Waals surface area contributed by atoms with E-state index < -0.39 is 29.4 Å². The third-order valence-electron chi connectivity index (χ3n) is 10.1. The Balaban J connectivity index is 0.902. The van der Waals surface area contributed by atoms with Crippen LogP contribution in [0.1, 0.15) is 67.2 Å². The Bertz CT molecular complexity index is 1370. The highest BCUT2D eigenvalue weighted by Gasteiger charge is 2.45. The molecule has 5 aliphatic heterocycles. The van der Waals surface area contributed by atoms with E-state index in [1.807, 2.05) is 31.7 Å². The monoisotopic (exact) mass is 651 g/mol. The molecule has 1 aromatic rings. The summed E-state index contributed by atoms with van der Waals surface area (Å²) in [5, 5.41) is 2.25. The van der Waals surface area contributed by atoms with Crippen molar-refractivity contribution in [2.45, 2.75) is 58.1 Å². The minimum absolute atomic E-state index is 0.107.